The van der Waals surface area contributed by atoms with Crippen LogP contribution in [-0.2, 0) is 0 Å². The number of alkyl halides is 1. The van der Waals surface area contributed by atoms with Gasteiger partial charge in [0, 0.05) is 5.66 Å². The molecule has 0 fully saturated rings. The molecule has 0 aliphatic heterocycles. The van der Waals surface area contributed by atoms with Crippen molar-refractivity contribution in [2.75, 3.05) is 20.0 Å². The van der Waals surface area contributed by atoms with Gasteiger partial charge in [-0.1, -0.05) is 6.92 Å². The number of hydrogen-bond acceptors (Lipinski definition) is 0. The van der Waals surface area contributed by atoms with Crippen LogP contribution < -0.4 is 0 Å². The van der Waals surface area contributed by atoms with E-state index in [1.54, 1.807) is 0 Å². The minimum absolute atomic E-state index is 0.0391. The molecule has 0 saturated heterocycles. The van der Waals surface area contributed by atoms with Gasteiger partial charge in [0.2, 0.25) is 0 Å². The van der Waals surface area contributed by atoms with Gasteiger partial charge < -0.3 is 0 Å². The third kappa shape index (κ3) is 2.61. The number of hydrogen-bond donors (Lipinski definition) is 0. The average molecular weight is 136 g/mol. The highest BCUT2D eigenvalue weighted by Gasteiger charge is 2.07. The molecule has 0 radical (unpaired) electrons. The maximum atomic E-state index is 11.9. The quantitative estimate of drug-likeness (QED) is 0.523. The Kier molecular flexibility index (Phi) is 4.45. The molecule has 50 valence electrons. The summed E-state index contributed by atoms with van der Waals surface area (Å²) in [6.07, 6.45) is 0.995. The molecule has 1 unspecified atom stereocenters. The molecule has 0 nitrogen and oxygen atoms in total. The van der Waals surface area contributed by atoms with Crippen molar-refractivity contribution in [2.24, 2.45) is 0 Å². The molecule has 0 aromatic heterocycles. The van der Waals surface area contributed by atoms with Gasteiger partial charge in [-0.2, -0.15) is 0 Å². The van der Waals surface area contributed by atoms with Gasteiger partial charge in [0.1, 0.15) is 0 Å². The van der Waals surface area contributed by atoms with E-state index in [-0.39, 0.29) is 14.6 Å². The lowest BCUT2D eigenvalue weighted by molar-refractivity contribution is 0.475. The largest absolute Gasteiger partial charge is 0.250 e. The Balaban J connectivity index is 3.35. The van der Waals surface area contributed by atoms with Crippen LogP contribution in [0.2, 0.25) is 0 Å². The minimum atomic E-state index is -0.130. The summed E-state index contributed by atoms with van der Waals surface area (Å²) in [7, 11) is -0.0391. The van der Waals surface area contributed by atoms with Crippen molar-refractivity contribution in [3.63, 3.8) is 0 Å². The van der Waals surface area contributed by atoms with Gasteiger partial charge in [0.25, 0.3) is 0 Å². The zero-order valence-corrected chi connectivity index (χ0v) is 6.71. The molecule has 0 rings (SSSR count). The molecule has 0 aliphatic rings. The van der Waals surface area contributed by atoms with Crippen LogP contribution in [0.25, 0.3) is 0 Å². The monoisotopic (exact) mass is 136 g/mol. The number of rotatable bonds is 3. The molecule has 0 aromatic rings. The molecular weight excluding hydrogens is 122 g/mol. The summed E-state index contributed by atoms with van der Waals surface area (Å²) in [6, 6.07) is 0. The predicted octanol–water partition coefficient (Wildman–Crippen LogP) is 2.48. The van der Waals surface area contributed by atoms with Crippen LogP contribution in [0.15, 0.2) is 0 Å². The fourth-order valence-corrected chi connectivity index (χ4v) is 1.62. The van der Waals surface area contributed by atoms with Gasteiger partial charge in [-0.3, -0.25) is 4.39 Å². The summed E-state index contributed by atoms with van der Waals surface area (Å²) < 4.78 is 11.9. The van der Waals surface area contributed by atoms with E-state index in [1.807, 2.05) is 6.92 Å². The van der Waals surface area contributed by atoms with Crippen LogP contribution in [0.4, 0.5) is 4.39 Å². The summed E-state index contributed by atoms with van der Waals surface area (Å²) in [6.45, 7) is 6.17. The van der Waals surface area contributed by atoms with Crippen molar-refractivity contribution in [3.8, 4) is 0 Å². The lowest BCUT2D eigenvalue weighted by Gasteiger charge is -2.13. The van der Waals surface area contributed by atoms with Gasteiger partial charge in [0.05, 0.1) is 6.67 Å². The molecule has 0 amide bonds. The third-order valence-electron chi connectivity index (χ3n) is 1.38. The van der Waals surface area contributed by atoms with E-state index >= 15 is 0 Å². The lowest BCUT2D eigenvalue weighted by atomic mass is 10.4. The SMILES string of the molecule is CCC(CF)P(C)C. The Morgan fingerprint density at radius 1 is 1.50 bits per heavy atom. The molecule has 0 spiro atoms. The van der Waals surface area contributed by atoms with E-state index < -0.39 is 0 Å². The Morgan fingerprint density at radius 3 is 2.00 bits per heavy atom. The second kappa shape index (κ2) is 4.26. The van der Waals surface area contributed by atoms with E-state index in [0.29, 0.717) is 5.66 Å². The van der Waals surface area contributed by atoms with Gasteiger partial charge in [-0.05, 0) is 19.8 Å². The second-order valence-corrected chi connectivity index (χ2v) is 4.84. The predicted molar refractivity (Wildman–Crippen MR) is 38.8 cm³/mol. The summed E-state index contributed by atoms with van der Waals surface area (Å²) >= 11 is 0. The standard InChI is InChI=1S/C6H14FP/c1-4-6(5-7)8(2)3/h6H,4-5H2,1-3H3. The molecule has 0 aromatic carbocycles. The Labute approximate surface area is 52.2 Å². The maximum absolute atomic E-state index is 11.9. The van der Waals surface area contributed by atoms with Crippen LogP contribution >= 0.6 is 7.92 Å². The summed E-state index contributed by atoms with van der Waals surface area (Å²) in [5, 5.41) is 0. The molecule has 0 heterocycles. The van der Waals surface area contributed by atoms with Crippen molar-refractivity contribution >= 4 is 7.92 Å². The normalized spacial score (nSPS) is 14.6. The molecule has 0 N–H and O–H groups in total. The van der Waals surface area contributed by atoms with Crippen molar-refractivity contribution in [3.05, 3.63) is 0 Å². The van der Waals surface area contributed by atoms with Crippen molar-refractivity contribution < 1.29 is 4.39 Å². The summed E-state index contributed by atoms with van der Waals surface area (Å²) in [4.78, 5) is 0. The molecule has 2 heteroatoms. The van der Waals surface area contributed by atoms with E-state index in [1.165, 1.54) is 0 Å². The molecule has 1 atom stereocenters. The first-order valence-electron chi connectivity index (χ1n) is 2.94. The fraction of sp³-hybridized carbons (Fsp3) is 1.00. The van der Waals surface area contributed by atoms with Crippen LogP contribution in [0.1, 0.15) is 13.3 Å². The van der Waals surface area contributed by atoms with Crippen LogP contribution in [0, 0.1) is 0 Å². The first-order chi connectivity index (χ1) is 3.72. The number of halogens is 1. The highest BCUT2D eigenvalue weighted by atomic mass is 31.1. The van der Waals surface area contributed by atoms with Crippen LogP contribution in [0.3, 0.4) is 0 Å². The Bertz CT molecular complexity index is 50.5. The van der Waals surface area contributed by atoms with E-state index in [2.05, 4.69) is 13.3 Å². The van der Waals surface area contributed by atoms with E-state index in [9.17, 15) is 4.39 Å². The molecule has 0 aliphatic carbocycles. The highest BCUT2D eigenvalue weighted by Crippen LogP contribution is 2.34. The lowest BCUT2D eigenvalue weighted by Crippen LogP contribution is -2.04. The topological polar surface area (TPSA) is 0 Å². The Morgan fingerprint density at radius 2 is 2.00 bits per heavy atom. The zero-order chi connectivity index (χ0) is 6.57. The van der Waals surface area contributed by atoms with E-state index in [0.717, 1.165) is 6.42 Å². The highest BCUT2D eigenvalue weighted by molar-refractivity contribution is 7.56. The maximum Gasteiger partial charge on any atom is 0.0961 e. The van der Waals surface area contributed by atoms with Crippen molar-refractivity contribution in [1.82, 2.24) is 0 Å². The first kappa shape index (κ1) is 8.36. The van der Waals surface area contributed by atoms with Crippen LogP contribution in [-0.4, -0.2) is 25.7 Å². The fourth-order valence-electron chi connectivity index (χ4n) is 0.612. The molecular formula is C6H14FP. The zero-order valence-electron chi connectivity index (χ0n) is 5.82. The summed E-state index contributed by atoms with van der Waals surface area (Å²) in [5.41, 5.74) is 0.352. The van der Waals surface area contributed by atoms with E-state index in [4.69, 9.17) is 0 Å². The summed E-state index contributed by atoms with van der Waals surface area (Å²) in [5.74, 6) is 0. The van der Waals surface area contributed by atoms with Gasteiger partial charge in [0.15, 0.2) is 0 Å². The van der Waals surface area contributed by atoms with Crippen molar-refractivity contribution in [2.45, 2.75) is 19.0 Å². The van der Waals surface area contributed by atoms with Crippen LogP contribution in [0.5, 0.6) is 0 Å². The first-order valence-corrected chi connectivity index (χ1v) is 5.25. The van der Waals surface area contributed by atoms with Gasteiger partial charge in [-0.15, -0.1) is 7.92 Å². The van der Waals surface area contributed by atoms with Gasteiger partial charge >= 0.3 is 0 Å². The molecule has 0 saturated carbocycles. The third-order valence-corrected chi connectivity index (χ3v) is 3.34. The minimum Gasteiger partial charge on any atom is -0.250 e. The Hall–Kier alpha value is 0.360. The average Bonchev–Trinajstić information content (AvgIpc) is 1.69. The smallest absolute Gasteiger partial charge is 0.0961 e. The van der Waals surface area contributed by atoms with Crippen molar-refractivity contribution in [1.29, 1.82) is 0 Å². The second-order valence-electron chi connectivity index (χ2n) is 2.18. The van der Waals surface area contributed by atoms with Gasteiger partial charge in [-0.25, -0.2) is 0 Å². The molecule has 0 bridgehead atoms. The molecule has 8 heavy (non-hydrogen) atoms.